The zero-order valence-electron chi connectivity index (χ0n) is 10.8. The first-order valence-corrected chi connectivity index (χ1v) is 6.97. The van der Waals surface area contributed by atoms with Crippen molar-refractivity contribution in [3.05, 3.63) is 30.1 Å². The molecule has 2 aromatic rings. The predicted octanol–water partition coefficient (Wildman–Crippen LogP) is 2.61. The summed E-state index contributed by atoms with van der Waals surface area (Å²) in [4.78, 5) is 16.5. The lowest BCUT2D eigenvalue weighted by molar-refractivity contribution is -0.121. The van der Waals surface area contributed by atoms with Gasteiger partial charge in [0.25, 0.3) is 0 Å². The largest absolute Gasteiger partial charge is 0.352 e. The third-order valence-electron chi connectivity index (χ3n) is 3.28. The molecule has 1 unspecified atom stereocenters. The van der Waals surface area contributed by atoms with E-state index in [0.29, 0.717) is 6.04 Å². The number of benzene rings is 1. The maximum Gasteiger partial charge on any atom is 0.240 e. The Bertz CT molecular complexity index is 616. The molecule has 1 fully saturated rings. The highest BCUT2D eigenvalue weighted by Gasteiger charge is 2.24. The molecule has 5 heteroatoms. The first-order chi connectivity index (χ1) is 9.15. The van der Waals surface area contributed by atoms with Crippen molar-refractivity contribution in [1.82, 2.24) is 14.9 Å². The van der Waals surface area contributed by atoms with Gasteiger partial charge in [0, 0.05) is 6.04 Å². The van der Waals surface area contributed by atoms with Gasteiger partial charge in [0.2, 0.25) is 5.91 Å². The van der Waals surface area contributed by atoms with E-state index in [1.54, 1.807) is 0 Å². The van der Waals surface area contributed by atoms with Crippen molar-refractivity contribution in [2.45, 2.75) is 37.7 Å². The van der Waals surface area contributed by atoms with Gasteiger partial charge in [-0.2, -0.15) is 0 Å². The fourth-order valence-corrected chi connectivity index (χ4v) is 2.38. The van der Waals surface area contributed by atoms with E-state index < -0.39 is 0 Å². The van der Waals surface area contributed by atoms with Crippen LogP contribution in [0.25, 0.3) is 11.0 Å². The summed E-state index contributed by atoms with van der Waals surface area (Å²) in [7, 11) is 0. The van der Waals surface area contributed by atoms with Gasteiger partial charge in [-0.1, -0.05) is 12.1 Å². The summed E-state index contributed by atoms with van der Waals surface area (Å²) in [5, 5.41) is 2.77. The van der Waals surface area contributed by atoms with Crippen LogP contribution in [0.3, 0.4) is 0 Å². The second kappa shape index (κ2) is 4.85. The Morgan fingerprint density at radius 2 is 2.26 bits per heavy atom. The topological polar surface area (TPSA) is 46.9 Å². The highest BCUT2D eigenvalue weighted by Crippen LogP contribution is 2.24. The summed E-state index contributed by atoms with van der Waals surface area (Å²) in [5.74, 6) is 0.776. The number of fused-ring (bicyclic) bond motifs is 1. The third-order valence-corrected chi connectivity index (χ3v) is 3.48. The fourth-order valence-electron chi connectivity index (χ4n) is 2.21. The first-order valence-electron chi connectivity index (χ1n) is 6.54. The van der Waals surface area contributed by atoms with Crippen LogP contribution >= 0.6 is 11.6 Å². The van der Waals surface area contributed by atoms with E-state index >= 15 is 0 Å². The van der Waals surface area contributed by atoms with Gasteiger partial charge in [-0.3, -0.25) is 4.79 Å². The third kappa shape index (κ3) is 2.59. The van der Waals surface area contributed by atoms with Crippen LogP contribution in [0.1, 0.15) is 31.0 Å². The molecule has 1 heterocycles. The maximum absolute atomic E-state index is 12.0. The zero-order chi connectivity index (χ0) is 13.4. The molecule has 1 aliphatic carbocycles. The van der Waals surface area contributed by atoms with Crippen LogP contribution in [-0.2, 0) is 11.3 Å². The average molecular weight is 278 g/mol. The van der Waals surface area contributed by atoms with Gasteiger partial charge < -0.3 is 9.88 Å². The fraction of sp³-hybridized carbons (Fsp3) is 0.429. The van der Waals surface area contributed by atoms with Crippen molar-refractivity contribution in [1.29, 1.82) is 0 Å². The number of alkyl halides is 1. The number of hydrogen-bond acceptors (Lipinski definition) is 2. The van der Waals surface area contributed by atoms with Crippen molar-refractivity contribution < 1.29 is 4.79 Å². The number of aromatic nitrogens is 2. The molecule has 1 aliphatic rings. The molecule has 1 saturated carbocycles. The molecule has 0 radical (unpaired) electrons. The Balaban J connectivity index is 1.94. The standard InChI is InChI=1S/C14H16ClN3O/c1-9(15)14-17-11-4-2-3-5-12(11)18(14)8-13(19)16-10-6-7-10/h2-5,9-10H,6-8H2,1H3,(H,16,19). The summed E-state index contributed by atoms with van der Waals surface area (Å²) < 4.78 is 1.91. The lowest BCUT2D eigenvalue weighted by Crippen LogP contribution is -2.29. The van der Waals surface area contributed by atoms with Crippen molar-refractivity contribution in [3.8, 4) is 0 Å². The van der Waals surface area contributed by atoms with Crippen molar-refractivity contribution in [3.63, 3.8) is 0 Å². The SMILES string of the molecule is CC(Cl)c1nc2ccccc2n1CC(=O)NC1CC1. The first kappa shape index (κ1) is 12.5. The highest BCUT2D eigenvalue weighted by atomic mass is 35.5. The zero-order valence-corrected chi connectivity index (χ0v) is 11.5. The lowest BCUT2D eigenvalue weighted by Gasteiger charge is -2.10. The molecule has 100 valence electrons. The van der Waals surface area contributed by atoms with Crippen LogP contribution in [0, 0.1) is 0 Å². The van der Waals surface area contributed by atoms with Crippen LogP contribution in [0.2, 0.25) is 0 Å². The molecule has 4 nitrogen and oxygen atoms in total. The quantitative estimate of drug-likeness (QED) is 0.873. The molecule has 0 spiro atoms. The average Bonchev–Trinajstić information content (AvgIpc) is 3.10. The molecule has 19 heavy (non-hydrogen) atoms. The summed E-state index contributed by atoms with van der Waals surface area (Å²) >= 11 is 6.17. The number of para-hydroxylation sites is 2. The molecular weight excluding hydrogens is 262 g/mol. The van der Waals surface area contributed by atoms with Crippen LogP contribution in [0.15, 0.2) is 24.3 Å². The number of nitrogens with zero attached hydrogens (tertiary/aromatic N) is 2. The van der Waals surface area contributed by atoms with Crippen molar-refractivity contribution in [2.24, 2.45) is 0 Å². The van der Waals surface area contributed by atoms with Gasteiger partial charge in [-0.25, -0.2) is 4.98 Å². The minimum Gasteiger partial charge on any atom is -0.352 e. The minimum absolute atomic E-state index is 0.0317. The predicted molar refractivity (Wildman–Crippen MR) is 75.2 cm³/mol. The van der Waals surface area contributed by atoms with Crippen LogP contribution in [-0.4, -0.2) is 21.5 Å². The normalized spacial score (nSPS) is 16.5. The number of imidazole rings is 1. The van der Waals surface area contributed by atoms with Gasteiger partial charge in [-0.05, 0) is 31.9 Å². The second-order valence-corrected chi connectivity index (χ2v) is 5.66. The van der Waals surface area contributed by atoms with E-state index in [-0.39, 0.29) is 17.8 Å². The molecule has 1 atom stereocenters. The molecule has 0 aliphatic heterocycles. The summed E-state index contributed by atoms with van der Waals surface area (Å²) in [5.41, 5.74) is 1.83. The molecule has 1 aromatic carbocycles. The summed E-state index contributed by atoms with van der Waals surface area (Å²) in [6.07, 6.45) is 2.18. The molecule has 0 bridgehead atoms. The van der Waals surface area contributed by atoms with Gasteiger partial charge in [-0.15, -0.1) is 11.6 Å². The Labute approximate surface area is 116 Å². The van der Waals surface area contributed by atoms with Crippen LogP contribution < -0.4 is 5.32 Å². The molecule has 1 aromatic heterocycles. The number of halogens is 1. The van der Waals surface area contributed by atoms with Gasteiger partial charge in [0.1, 0.15) is 12.4 Å². The second-order valence-electron chi connectivity index (χ2n) is 5.00. The molecular formula is C14H16ClN3O. The number of carbonyl (C=O) groups is 1. The Hall–Kier alpha value is -1.55. The Kier molecular flexibility index (Phi) is 3.19. The molecule has 1 amide bonds. The van der Waals surface area contributed by atoms with E-state index in [1.807, 2.05) is 35.8 Å². The number of hydrogen-bond donors (Lipinski definition) is 1. The van der Waals surface area contributed by atoms with Crippen LogP contribution in [0.4, 0.5) is 0 Å². The van der Waals surface area contributed by atoms with E-state index in [2.05, 4.69) is 10.3 Å². The molecule has 1 N–H and O–H groups in total. The lowest BCUT2D eigenvalue weighted by atomic mass is 10.3. The number of carbonyl (C=O) groups excluding carboxylic acids is 1. The van der Waals surface area contributed by atoms with Crippen LogP contribution in [0.5, 0.6) is 0 Å². The molecule has 0 saturated heterocycles. The monoisotopic (exact) mass is 277 g/mol. The van der Waals surface area contributed by atoms with E-state index in [0.717, 1.165) is 29.7 Å². The summed E-state index contributed by atoms with van der Waals surface area (Å²) in [6, 6.07) is 8.16. The van der Waals surface area contributed by atoms with Crippen molar-refractivity contribution in [2.75, 3.05) is 0 Å². The summed E-state index contributed by atoms with van der Waals surface area (Å²) in [6.45, 7) is 2.15. The van der Waals surface area contributed by atoms with E-state index in [1.165, 1.54) is 0 Å². The maximum atomic E-state index is 12.0. The van der Waals surface area contributed by atoms with E-state index in [4.69, 9.17) is 11.6 Å². The number of rotatable bonds is 4. The minimum atomic E-state index is -0.221. The highest BCUT2D eigenvalue weighted by molar-refractivity contribution is 6.20. The smallest absolute Gasteiger partial charge is 0.240 e. The Morgan fingerprint density at radius 3 is 2.95 bits per heavy atom. The van der Waals surface area contributed by atoms with Crippen molar-refractivity contribution >= 4 is 28.5 Å². The molecule has 3 rings (SSSR count). The number of amides is 1. The Morgan fingerprint density at radius 1 is 1.53 bits per heavy atom. The van der Waals surface area contributed by atoms with Gasteiger partial charge in [0.05, 0.1) is 16.4 Å². The number of nitrogens with one attached hydrogen (secondary N) is 1. The van der Waals surface area contributed by atoms with E-state index in [9.17, 15) is 4.79 Å². The van der Waals surface area contributed by atoms with Gasteiger partial charge in [0.15, 0.2) is 0 Å². The van der Waals surface area contributed by atoms with Gasteiger partial charge >= 0.3 is 0 Å².